The summed E-state index contributed by atoms with van der Waals surface area (Å²) in [5, 5.41) is 9.50. The number of benzene rings is 1. The molecule has 0 spiro atoms. The van der Waals surface area contributed by atoms with Crippen molar-refractivity contribution in [3.63, 3.8) is 0 Å². The van der Waals surface area contributed by atoms with E-state index in [0.29, 0.717) is 13.0 Å². The Balaban J connectivity index is 2.95. The van der Waals surface area contributed by atoms with Crippen LogP contribution in [-0.2, 0) is 6.42 Å². The minimum atomic E-state index is -0.462. The molecule has 0 saturated heterocycles. The molecule has 3 nitrogen and oxygen atoms in total. The molecule has 0 saturated carbocycles. The van der Waals surface area contributed by atoms with Crippen LogP contribution >= 0.6 is 0 Å². The average molecular weight is 209 g/mol. The molecule has 3 N–H and O–H groups in total. The highest BCUT2D eigenvalue weighted by Gasteiger charge is 2.08. The van der Waals surface area contributed by atoms with Gasteiger partial charge in [0.25, 0.3) is 0 Å². The Hall–Kier alpha value is -1.06. The van der Waals surface area contributed by atoms with E-state index in [-0.39, 0.29) is 0 Å². The second-order valence-corrected chi connectivity index (χ2v) is 3.84. The van der Waals surface area contributed by atoms with E-state index in [1.165, 1.54) is 0 Å². The van der Waals surface area contributed by atoms with Gasteiger partial charge >= 0.3 is 0 Å². The van der Waals surface area contributed by atoms with Crippen molar-refractivity contribution in [2.45, 2.75) is 26.4 Å². The smallest absolute Gasteiger partial charge is 0.122 e. The molecule has 1 rings (SSSR count). The van der Waals surface area contributed by atoms with Crippen LogP contribution in [0.2, 0.25) is 0 Å². The summed E-state index contributed by atoms with van der Waals surface area (Å²) >= 11 is 0. The molecular formula is C12H19NO2. The van der Waals surface area contributed by atoms with Crippen molar-refractivity contribution in [1.29, 1.82) is 0 Å². The second-order valence-electron chi connectivity index (χ2n) is 3.84. The van der Waals surface area contributed by atoms with Gasteiger partial charge in [0.2, 0.25) is 0 Å². The van der Waals surface area contributed by atoms with Gasteiger partial charge in [-0.1, -0.05) is 6.07 Å². The lowest BCUT2D eigenvalue weighted by molar-refractivity contribution is 0.183. The van der Waals surface area contributed by atoms with Crippen LogP contribution < -0.4 is 10.5 Å². The van der Waals surface area contributed by atoms with E-state index in [9.17, 15) is 5.11 Å². The van der Waals surface area contributed by atoms with E-state index in [4.69, 9.17) is 10.5 Å². The number of nitrogens with two attached hydrogens (primary N) is 1. The molecule has 0 fully saturated rings. The maximum absolute atomic E-state index is 9.50. The Kier molecular flexibility index (Phi) is 4.12. The van der Waals surface area contributed by atoms with Crippen molar-refractivity contribution in [2.24, 2.45) is 5.73 Å². The topological polar surface area (TPSA) is 55.5 Å². The van der Waals surface area contributed by atoms with Crippen LogP contribution in [0.5, 0.6) is 5.75 Å². The molecule has 1 unspecified atom stereocenters. The van der Waals surface area contributed by atoms with Gasteiger partial charge in [-0.2, -0.15) is 0 Å². The Morgan fingerprint density at radius 1 is 1.33 bits per heavy atom. The van der Waals surface area contributed by atoms with E-state index >= 15 is 0 Å². The minimum absolute atomic E-state index is 0.296. The highest BCUT2D eigenvalue weighted by Crippen LogP contribution is 2.23. The van der Waals surface area contributed by atoms with Gasteiger partial charge in [0, 0.05) is 6.54 Å². The molecule has 1 aromatic rings. The molecule has 0 heterocycles. The van der Waals surface area contributed by atoms with Crippen LogP contribution in [0.4, 0.5) is 0 Å². The zero-order chi connectivity index (χ0) is 11.4. The number of ether oxygens (including phenoxy) is 1. The van der Waals surface area contributed by atoms with Gasteiger partial charge in [0.15, 0.2) is 0 Å². The lowest BCUT2D eigenvalue weighted by atomic mass is 9.99. The van der Waals surface area contributed by atoms with E-state index in [1.54, 1.807) is 7.11 Å². The quantitative estimate of drug-likeness (QED) is 0.782. The third-order valence-electron chi connectivity index (χ3n) is 2.58. The van der Waals surface area contributed by atoms with Crippen molar-refractivity contribution in [3.05, 3.63) is 28.8 Å². The van der Waals surface area contributed by atoms with Crippen molar-refractivity contribution in [1.82, 2.24) is 0 Å². The molecule has 0 aromatic heterocycles. The van der Waals surface area contributed by atoms with Gasteiger partial charge in [0.05, 0.1) is 13.2 Å². The Morgan fingerprint density at radius 3 is 2.53 bits per heavy atom. The molecule has 84 valence electrons. The lowest BCUT2D eigenvalue weighted by Gasteiger charge is -2.13. The van der Waals surface area contributed by atoms with Gasteiger partial charge in [-0.15, -0.1) is 0 Å². The zero-order valence-electron chi connectivity index (χ0n) is 9.58. The summed E-state index contributed by atoms with van der Waals surface area (Å²) in [6, 6.07) is 4.04. The van der Waals surface area contributed by atoms with Crippen LogP contribution in [0.15, 0.2) is 12.1 Å². The second kappa shape index (κ2) is 5.14. The fraction of sp³-hybridized carbons (Fsp3) is 0.500. The van der Waals surface area contributed by atoms with E-state index < -0.39 is 6.10 Å². The number of aliphatic hydroxyl groups excluding tert-OH is 1. The number of rotatable bonds is 4. The summed E-state index contributed by atoms with van der Waals surface area (Å²) in [7, 11) is 1.66. The number of aliphatic hydroxyl groups is 1. The van der Waals surface area contributed by atoms with Gasteiger partial charge in [-0.3, -0.25) is 0 Å². The summed E-state index contributed by atoms with van der Waals surface area (Å²) in [5.74, 6) is 0.887. The molecule has 0 aliphatic rings. The first kappa shape index (κ1) is 12.0. The SMILES string of the molecule is COc1cc(C)c(CC(O)CN)cc1C. The highest BCUT2D eigenvalue weighted by molar-refractivity contribution is 5.41. The number of hydrogen-bond acceptors (Lipinski definition) is 3. The van der Waals surface area contributed by atoms with Crippen LogP contribution in [0.1, 0.15) is 16.7 Å². The normalized spacial score (nSPS) is 12.6. The summed E-state index contributed by atoms with van der Waals surface area (Å²) in [6.45, 7) is 4.31. The molecule has 0 radical (unpaired) electrons. The first-order chi connectivity index (χ1) is 7.08. The van der Waals surface area contributed by atoms with E-state index in [0.717, 1.165) is 22.4 Å². The molecule has 3 heteroatoms. The third-order valence-corrected chi connectivity index (χ3v) is 2.58. The number of methoxy groups -OCH3 is 1. The standard InChI is InChI=1S/C12H19NO2/c1-8-5-12(15-3)9(2)4-10(8)6-11(14)7-13/h4-5,11,14H,6-7,13H2,1-3H3. The summed E-state index contributed by atoms with van der Waals surface area (Å²) in [5.41, 5.74) is 8.74. The summed E-state index contributed by atoms with van der Waals surface area (Å²) in [6.07, 6.45) is 0.143. The minimum Gasteiger partial charge on any atom is -0.496 e. The van der Waals surface area contributed by atoms with Crippen molar-refractivity contribution in [3.8, 4) is 5.75 Å². The largest absolute Gasteiger partial charge is 0.496 e. The maximum atomic E-state index is 9.50. The van der Waals surface area contributed by atoms with Gasteiger partial charge in [-0.25, -0.2) is 0 Å². The Morgan fingerprint density at radius 2 is 2.00 bits per heavy atom. The average Bonchev–Trinajstić information content (AvgIpc) is 2.22. The molecule has 15 heavy (non-hydrogen) atoms. The summed E-state index contributed by atoms with van der Waals surface area (Å²) in [4.78, 5) is 0. The molecule has 1 atom stereocenters. The van der Waals surface area contributed by atoms with Crippen LogP contribution in [0.3, 0.4) is 0 Å². The first-order valence-electron chi connectivity index (χ1n) is 5.10. The predicted molar refractivity (Wildman–Crippen MR) is 61.2 cm³/mol. The fourth-order valence-electron chi connectivity index (χ4n) is 1.63. The molecule has 0 aliphatic heterocycles. The van der Waals surface area contributed by atoms with E-state index in [2.05, 4.69) is 0 Å². The van der Waals surface area contributed by atoms with Gasteiger partial charge < -0.3 is 15.6 Å². The van der Waals surface area contributed by atoms with Crippen LogP contribution in [-0.4, -0.2) is 24.9 Å². The molecular weight excluding hydrogens is 190 g/mol. The summed E-state index contributed by atoms with van der Waals surface area (Å²) < 4.78 is 5.22. The van der Waals surface area contributed by atoms with E-state index in [1.807, 2.05) is 26.0 Å². The Bertz CT molecular complexity index is 337. The lowest BCUT2D eigenvalue weighted by Crippen LogP contribution is -2.22. The van der Waals surface area contributed by atoms with Gasteiger partial charge in [-0.05, 0) is 43.0 Å². The predicted octanol–water partition coefficient (Wildman–Crippen LogP) is 1.17. The monoisotopic (exact) mass is 209 g/mol. The fourth-order valence-corrected chi connectivity index (χ4v) is 1.63. The molecule has 1 aromatic carbocycles. The van der Waals surface area contributed by atoms with Crippen LogP contribution in [0.25, 0.3) is 0 Å². The zero-order valence-corrected chi connectivity index (χ0v) is 9.58. The van der Waals surface area contributed by atoms with Crippen LogP contribution in [0, 0.1) is 13.8 Å². The van der Waals surface area contributed by atoms with Gasteiger partial charge in [0.1, 0.15) is 5.75 Å². The Labute approximate surface area is 90.9 Å². The van der Waals surface area contributed by atoms with Crippen molar-refractivity contribution >= 4 is 0 Å². The molecule has 0 aliphatic carbocycles. The highest BCUT2D eigenvalue weighted by atomic mass is 16.5. The third kappa shape index (κ3) is 2.94. The van der Waals surface area contributed by atoms with Crippen molar-refractivity contribution in [2.75, 3.05) is 13.7 Å². The number of hydrogen-bond donors (Lipinski definition) is 2. The molecule has 0 bridgehead atoms. The first-order valence-corrected chi connectivity index (χ1v) is 5.10. The number of aryl methyl sites for hydroxylation is 2. The molecule has 0 amide bonds. The van der Waals surface area contributed by atoms with Crippen molar-refractivity contribution < 1.29 is 9.84 Å². The maximum Gasteiger partial charge on any atom is 0.122 e.